The van der Waals surface area contributed by atoms with Crippen molar-refractivity contribution in [1.29, 1.82) is 0 Å². The second-order valence-electron chi connectivity index (χ2n) is 4.99. The van der Waals surface area contributed by atoms with Crippen LogP contribution in [0.5, 0.6) is 5.75 Å². The van der Waals surface area contributed by atoms with E-state index in [4.69, 9.17) is 4.74 Å². The number of fused-ring (bicyclic) bond motifs is 1. The number of rotatable bonds is 3. The Balaban J connectivity index is 2.16. The molecule has 0 radical (unpaired) electrons. The SMILES string of the molecule is CCOc1cccc2ccc(-c3cccc(C)c3)cc12. The maximum atomic E-state index is 5.73. The van der Waals surface area contributed by atoms with Crippen molar-refractivity contribution in [3.8, 4) is 16.9 Å². The molecule has 0 heterocycles. The molecule has 0 saturated carbocycles. The highest BCUT2D eigenvalue weighted by Crippen LogP contribution is 2.30. The van der Waals surface area contributed by atoms with E-state index in [9.17, 15) is 0 Å². The molecule has 0 unspecified atom stereocenters. The van der Waals surface area contributed by atoms with Crippen molar-refractivity contribution in [2.45, 2.75) is 13.8 Å². The Bertz CT molecular complexity index is 744. The van der Waals surface area contributed by atoms with Gasteiger partial charge in [0.15, 0.2) is 0 Å². The normalized spacial score (nSPS) is 10.7. The summed E-state index contributed by atoms with van der Waals surface area (Å²) in [6, 6.07) is 21.3. The van der Waals surface area contributed by atoms with Crippen LogP contribution in [0.4, 0.5) is 0 Å². The molecule has 0 atom stereocenters. The van der Waals surface area contributed by atoms with Gasteiger partial charge in [0.1, 0.15) is 5.75 Å². The van der Waals surface area contributed by atoms with Crippen LogP contribution in [0.3, 0.4) is 0 Å². The second kappa shape index (κ2) is 5.38. The Kier molecular flexibility index (Phi) is 3.42. The molecule has 20 heavy (non-hydrogen) atoms. The summed E-state index contributed by atoms with van der Waals surface area (Å²) in [4.78, 5) is 0. The van der Waals surface area contributed by atoms with Gasteiger partial charge in [0.05, 0.1) is 6.61 Å². The van der Waals surface area contributed by atoms with E-state index in [1.165, 1.54) is 27.5 Å². The van der Waals surface area contributed by atoms with E-state index < -0.39 is 0 Å². The lowest BCUT2D eigenvalue weighted by atomic mass is 9.99. The zero-order valence-corrected chi connectivity index (χ0v) is 11.9. The van der Waals surface area contributed by atoms with Gasteiger partial charge in [-0.25, -0.2) is 0 Å². The molecule has 0 aliphatic rings. The van der Waals surface area contributed by atoms with Crippen molar-refractivity contribution < 1.29 is 4.74 Å². The monoisotopic (exact) mass is 262 g/mol. The van der Waals surface area contributed by atoms with Crippen LogP contribution in [-0.4, -0.2) is 6.61 Å². The fourth-order valence-corrected chi connectivity index (χ4v) is 2.53. The minimum atomic E-state index is 0.688. The van der Waals surface area contributed by atoms with Crippen molar-refractivity contribution in [3.63, 3.8) is 0 Å². The standard InChI is InChI=1S/C19H18O/c1-3-20-19-9-5-7-15-10-11-17(13-18(15)19)16-8-4-6-14(2)12-16/h4-13H,3H2,1-2H3. The highest BCUT2D eigenvalue weighted by Gasteiger charge is 2.04. The smallest absolute Gasteiger partial charge is 0.127 e. The molecule has 0 amide bonds. The predicted octanol–water partition coefficient (Wildman–Crippen LogP) is 5.21. The van der Waals surface area contributed by atoms with Crippen molar-refractivity contribution >= 4 is 10.8 Å². The maximum absolute atomic E-state index is 5.73. The fourth-order valence-electron chi connectivity index (χ4n) is 2.53. The van der Waals surface area contributed by atoms with E-state index in [0.29, 0.717) is 6.61 Å². The van der Waals surface area contributed by atoms with E-state index in [1.807, 2.05) is 19.1 Å². The average molecular weight is 262 g/mol. The lowest BCUT2D eigenvalue weighted by molar-refractivity contribution is 0.344. The molecule has 3 rings (SSSR count). The lowest BCUT2D eigenvalue weighted by Gasteiger charge is -2.10. The van der Waals surface area contributed by atoms with Crippen LogP contribution in [-0.2, 0) is 0 Å². The number of aryl methyl sites for hydroxylation is 1. The molecule has 3 aromatic carbocycles. The molecule has 0 aliphatic heterocycles. The third-order valence-corrected chi connectivity index (χ3v) is 3.49. The highest BCUT2D eigenvalue weighted by atomic mass is 16.5. The zero-order chi connectivity index (χ0) is 13.9. The van der Waals surface area contributed by atoms with E-state index in [-0.39, 0.29) is 0 Å². The van der Waals surface area contributed by atoms with Crippen molar-refractivity contribution in [2.75, 3.05) is 6.61 Å². The van der Waals surface area contributed by atoms with E-state index in [2.05, 4.69) is 55.5 Å². The fraction of sp³-hybridized carbons (Fsp3) is 0.158. The number of hydrogen-bond acceptors (Lipinski definition) is 1. The Morgan fingerprint density at radius 1 is 0.850 bits per heavy atom. The molecule has 0 saturated heterocycles. The van der Waals surface area contributed by atoms with Crippen LogP contribution in [0.2, 0.25) is 0 Å². The molecular formula is C19H18O. The molecule has 3 aromatic rings. The average Bonchev–Trinajstić information content (AvgIpc) is 2.47. The number of hydrogen-bond donors (Lipinski definition) is 0. The van der Waals surface area contributed by atoms with Gasteiger partial charge in [0.25, 0.3) is 0 Å². The zero-order valence-electron chi connectivity index (χ0n) is 11.9. The molecular weight excluding hydrogens is 244 g/mol. The molecule has 0 N–H and O–H groups in total. The van der Waals surface area contributed by atoms with Crippen LogP contribution in [0, 0.1) is 6.92 Å². The first-order valence-electron chi connectivity index (χ1n) is 7.00. The first-order chi connectivity index (χ1) is 9.78. The van der Waals surface area contributed by atoms with Gasteiger partial charge in [0.2, 0.25) is 0 Å². The van der Waals surface area contributed by atoms with Crippen LogP contribution < -0.4 is 4.74 Å². The molecule has 0 bridgehead atoms. The van der Waals surface area contributed by atoms with Crippen molar-refractivity contribution in [1.82, 2.24) is 0 Å². The van der Waals surface area contributed by atoms with Gasteiger partial charge in [-0.2, -0.15) is 0 Å². The molecule has 0 aliphatic carbocycles. The first-order valence-corrected chi connectivity index (χ1v) is 7.00. The molecule has 0 spiro atoms. The van der Waals surface area contributed by atoms with Gasteiger partial charge >= 0.3 is 0 Å². The van der Waals surface area contributed by atoms with E-state index >= 15 is 0 Å². The summed E-state index contributed by atoms with van der Waals surface area (Å²) in [5, 5.41) is 2.39. The lowest BCUT2D eigenvalue weighted by Crippen LogP contribution is -1.92. The van der Waals surface area contributed by atoms with Crippen molar-refractivity contribution in [2.24, 2.45) is 0 Å². The van der Waals surface area contributed by atoms with Gasteiger partial charge in [-0.1, -0.05) is 54.1 Å². The van der Waals surface area contributed by atoms with Crippen LogP contribution >= 0.6 is 0 Å². The molecule has 1 nitrogen and oxygen atoms in total. The quantitative estimate of drug-likeness (QED) is 0.629. The summed E-state index contributed by atoms with van der Waals surface area (Å²) in [7, 11) is 0. The summed E-state index contributed by atoms with van der Waals surface area (Å²) >= 11 is 0. The van der Waals surface area contributed by atoms with Gasteiger partial charge in [-0.15, -0.1) is 0 Å². The van der Waals surface area contributed by atoms with Crippen LogP contribution in [0.15, 0.2) is 60.7 Å². The Morgan fingerprint density at radius 2 is 1.65 bits per heavy atom. The largest absolute Gasteiger partial charge is 0.493 e. The second-order valence-corrected chi connectivity index (χ2v) is 4.99. The summed E-state index contributed by atoms with van der Waals surface area (Å²) in [6.45, 7) is 4.83. The third kappa shape index (κ3) is 2.39. The highest BCUT2D eigenvalue weighted by molar-refractivity contribution is 5.92. The maximum Gasteiger partial charge on any atom is 0.127 e. The molecule has 1 heteroatoms. The van der Waals surface area contributed by atoms with Gasteiger partial charge in [-0.05, 0) is 42.5 Å². The van der Waals surface area contributed by atoms with E-state index in [0.717, 1.165) is 5.75 Å². The Hall–Kier alpha value is -2.28. The van der Waals surface area contributed by atoms with E-state index in [1.54, 1.807) is 0 Å². The Labute approximate surface area is 119 Å². The van der Waals surface area contributed by atoms with Crippen LogP contribution in [0.25, 0.3) is 21.9 Å². The van der Waals surface area contributed by atoms with Crippen molar-refractivity contribution in [3.05, 3.63) is 66.2 Å². The summed E-state index contributed by atoms with van der Waals surface area (Å²) in [5.41, 5.74) is 3.76. The third-order valence-electron chi connectivity index (χ3n) is 3.49. The Morgan fingerprint density at radius 3 is 2.45 bits per heavy atom. The summed E-state index contributed by atoms with van der Waals surface area (Å²) in [5.74, 6) is 0.958. The molecule has 0 aromatic heterocycles. The number of ether oxygens (including phenoxy) is 1. The first kappa shape index (κ1) is 12.7. The molecule has 100 valence electrons. The minimum absolute atomic E-state index is 0.688. The van der Waals surface area contributed by atoms with Crippen LogP contribution in [0.1, 0.15) is 12.5 Å². The predicted molar refractivity (Wildman–Crippen MR) is 85.3 cm³/mol. The topological polar surface area (TPSA) is 9.23 Å². The minimum Gasteiger partial charge on any atom is -0.493 e. The summed E-state index contributed by atoms with van der Waals surface area (Å²) < 4.78 is 5.73. The summed E-state index contributed by atoms with van der Waals surface area (Å²) in [6.07, 6.45) is 0. The van der Waals surface area contributed by atoms with Gasteiger partial charge < -0.3 is 4.74 Å². The number of benzene rings is 3. The molecule has 0 fully saturated rings. The van der Waals surface area contributed by atoms with Gasteiger partial charge in [0, 0.05) is 5.39 Å². The van der Waals surface area contributed by atoms with Gasteiger partial charge in [-0.3, -0.25) is 0 Å².